The third kappa shape index (κ3) is 8.73. The van der Waals surface area contributed by atoms with Crippen LogP contribution in [0.4, 0.5) is 0 Å². The summed E-state index contributed by atoms with van der Waals surface area (Å²) in [6.45, 7) is 11.0. The van der Waals surface area contributed by atoms with Crippen molar-refractivity contribution in [3.63, 3.8) is 0 Å². The van der Waals surface area contributed by atoms with Crippen LogP contribution in [0.5, 0.6) is 0 Å². The molecular weight excluding hydrogens is 296 g/mol. The van der Waals surface area contributed by atoms with E-state index in [9.17, 15) is 8.42 Å². The predicted octanol–water partition coefficient (Wildman–Crippen LogP) is 2.58. The SMILES string of the molecule is CC(C)(C)CC(C)(C)OCC1CCC(COS(=O)(=O)O)O1. The molecule has 21 heavy (non-hydrogen) atoms. The second kappa shape index (κ2) is 6.91. The molecule has 0 aromatic heterocycles. The lowest BCUT2D eigenvalue weighted by Crippen LogP contribution is -2.33. The van der Waals surface area contributed by atoms with Crippen molar-refractivity contribution in [1.82, 2.24) is 0 Å². The zero-order chi connectivity index (χ0) is 16.3. The van der Waals surface area contributed by atoms with Gasteiger partial charge in [0, 0.05) is 0 Å². The first kappa shape index (κ1) is 18.8. The largest absolute Gasteiger partial charge is 0.397 e. The van der Waals surface area contributed by atoms with Crippen LogP contribution in [0, 0.1) is 5.41 Å². The van der Waals surface area contributed by atoms with Crippen molar-refractivity contribution in [2.24, 2.45) is 5.41 Å². The Balaban J connectivity index is 2.32. The normalized spacial score (nSPS) is 24.5. The summed E-state index contributed by atoms with van der Waals surface area (Å²) in [6, 6.07) is 0. The van der Waals surface area contributed by atoms with Crippen LogP contribution in [0.25, 0.3) is 0 Å². The molecule has 0 radical (unpaired) electrons. The Labute approximate surface area is 128 Å². The molecule has 0 aliphatic carbocycles. The molecule has 2 atom stereocenters. The monoisotopic (exact) mass is 324 g/mol. The van der Waals surface area contributed by atoms with Crippen LogP contribution in [0.3, 0.4) is 0 Å². The van der Waals surface area contributed by atoms with E-state index >= 15 is 0 Å². The fourth-order valence-corrected chi connectivity index (χ4v) is 3.16. The molecule has 1 fully saturated rings. The highest BCUT2D eigenvalue weighted by Gasteiger charge is 2.31. The molecule has 1 saturated heterocycles. The molecule has 7 heteroatoms. The topological polar surface area (TPSA) is 82.1 Å². The molecule has 0 amide bonds. The molecule has 126 valence electrons. The zero-order valence-corrected chi connectivity index (χ0v) is 14.4. The van der Waals surface area contributed by atoms with Gasteiger partial charge in [-0.25, -0.2) is 4.18 Å². The molecule has 1 aliphatic heterocycles. The van der Waals surface area contributed by atoms with Gasteiger partial charge in [-0.1, -0.05) is 20.8 Å². The third-order valence-corrected chi connectivity index (χ3v) is 3.65. The van der Waals surface area contributed by atoms with Gasteiger partial charge in [-0.15, -0.1) is 0 Å². The third-order valence-electron chi connectivity index (χ3n) is 3.21. The summed E-state index contributed by atoms with van der Waals surface area (Å²) in [5.74, 6) is 0. The fourth-order valence-electron chi connectivity index (χ4n) is 2.83. The molecule has 0 saturated carbocycles. The second-order valence-corrected chi connectivity index (χ2v) is 8.57. The van der Waals surface area contributed by atoms with Crippen LogP contribution in [-0.4, -0.2) is 44.0 Å². The first-order chi connectivity index (χ1) is 9.36. The summed E-state index contributed by atoms with van der Waals surface area (Å²) in [4.78, 5) is 0. The number of ether oxygens (including phenoxy) is 2. The molecule has 1 heterocycles. The van der Waals surface area contributed by atoms with E-state index in [1.165, 1.54) is 0 Å². The average Bonchev–Trinajstić information content (AvgIpc) is 2.67. The van der Waals surface area contributed by atoms with E-state index in [0.717, 1.165) is 12.8 Å². The van der Waals surface area contributed by atoms with Gasteiger partial charge in [0.1, 0.15) is 0 Å². The van der Waals surface area contributed by atoms with Crippen molar-refractivity contribution >= 4 is 10.4 Å². The van der Waals surface area contributed by atoms with Gasteiger partial charge in [-0.2, -0.15) is 8.42 Å². The first-order valence-electron chi connectivity index (χ1n) is 7.28. The molecule has 1 aliphatic rings. The molecule has 0 bridgehead atoms. The molecule has 0 aromatic carbocycles. The Hall–Kier alpha value is -0.210. The minimum atomic E-state index is -4.40. The van der Waals surface area contributed by atoms with Crippen molar-refractivity contribution in [2.45, 2.75) is 71.7 Å². The van der Waals surface area contributed by atoms with Gasteiger partial charge in [0.15, 0.2) is 0 Å². The van der Waals surface area contributed by atoms with E-state index in [0.29, 0.717) is 13.0 Å². The van der Waals surface area contributed by atoms with Crippen LogP contribution in [0.15, 0.2) is 0 Å². The number of hydrogen-bond acceptors (Lipinski definition) is 5. The number of hydrogen-bond donors (Lipinski definition) is 1. The van der Waals surface area contributed by atoms with E-state index in [1.807, 2.05) is 0 Å². The lowest BCUT2D eigenvalue weighted by molar-refractivity contribution is -0.0943. The zero-order valence-electron chi connectivity index (χ0n) is 13.6. The Morgan fingerprint density at radius 3 is 2.10 bits per heavy atom. The minimum Gasteiger partial charge on any atom is -0.373 e. The Kier molecular flexibility index (Phi) is 6.20. The number of rotatable bonds is 7. The van der Waals surface area contributed by atoms with Gasteiger partial charge >= 0.3 is 10.4 Å². The average molecular weight is 324 g/mol. The summed E-state index contributed by atoms with van der Waals surface area (Å²) in [6.07, 6.45) is 2.06. The molecule has 0 spiro atoms. The predicted molar refractivity (Wildman–Crippen MR) is 79.5 cm³/mol. The van der Waals surface area contributed by atoms with Crippen molar-refractivity contribution in [3.8, 4) is 0 Å². The van der Waals surface area contributed by atoms with Gasteiger partial charge in [-0.3, -0.25) is 4.55 Å². The van der Waals surface area contributed by atoms with E-state index in [4.69, 9.17) is 14.0 Å². The van der Waals surface area contributed by atoms with Gasteiger partial charge in [0.25, 0.3) is 0 Å². The Morgan fingerprint density at radius 2 is 1.62 bits per heavy atom. The molecule has 1 N–H and O–H groups in total. The van der Waals surface area contributed by atoms with Gasteiger partial charge in [-0.05, 0) is 38.5 Å². The maximum Gasteiger partial charge on any atom is 0.397 e. The standard InChI is InChI=1S/C14H28O6S/c1-13(2,3)10-14(4,5)18-8-11-6-7-12(20-11)9-19-21(15,16)17/h11-12H,6-10H2,1-5H3,(H,15,16,17). The highest BCUT2D eigenvalue weighted by molar-refractivity contribution is 7.80. The fraction of sp³-hybridized carbons (Fsp3) is 1.00. The van der Waals surface area contributed by atoms with E-state index in [2.05, 4.69) is 38.8 Å². The quantitative estimate of drug-likeness (QED) is 0.725. The van der Waals surface area contributed by atoms with Gasteiger partial charge in [0.2, 0.25) is 0 Å². The van der Waals surface area contributed by atoms with Crippen LogP contribution in [0.1, 0.15) is 53.9 Å². The summed E-state index contributed by atoms with van der Waals surface area (Å²) in [7, 11) is -4.40. The second-order valence-electron chi connectivity index (χ2n) is 7.48. The van der Waals surface area contributed by atoms with Crippen molar-refractivity contribution in [2.75, 3.05) is 13.2 Å². The highest BCUT2D eigenvalue weighted by atomic mass is 32.3. The van der Waals surface area contributed by atoms with Crippen LogP contribution in [-0.2, 0) is 24.1 Å². The first-order valence-corrected chi connectivity index (χ1v) is 8.64. The lowest BCUT2D eigenvalue weighted by atomic mass is 9.83. The maximum atomic E-state index is 10.5. The Bertz CT molecular complexity index is 423. The van der Waals surface area contributed by atoms with Crippen molar-refractivity contribution < 1.29 is 26.6 Å². The molecular formula is C14H28O6S. The van der Waals surface area contributed by atoms with Crippen LogP contribution >= 0.6 is 0 Å². The van der Waals surface area contributed by atoms with Crippen LogP contribution < -0.4 is 0 Å². The highest BCUT2D eigenvalue weighted by Crippen LogP contribution is 2.30. The van der Waals surface area contributed by atoms with E-state index in [-0.39, 0.29) is 29.8 Å². The summed E-state index contributed by atoms with van der Waals surface area (Å²) in [5.41, 5.74) is -0.0451. The van der Waals surface area contributed by atoms with Gasteiger partial charge < -0.3 is 9.47 Å². The molecule has 0 aromatic rings. The summed E-state index contributed by atoms with van der Waals surface area (Å²) in [5, 5.41) is 0. The van der Waals surface area contributed by atoms with E-state index in [1.54, 1.807) is 0 Å². The minimum absolute atomic E-state index is 0.0563. The smallest absolute Gasteiger partial charge is 0.373 e. The van der Waals surface area contributed by atoms with Crippen molar-refractivity contribution in [1.29, 1.82) is 0 Å². The maximum absolute atomic E-state index is 10.5. The van der Waals surface area contributed by atoms with Crippen LogP contribution in [0.2, 0.25) is 0 Å². The summed E-state index contributed by atoms with van der Waals surface area (Å²) >= 11 is 0. The molecule has 1 rings (SSSR count). The van der Waals surface area contributed by atoms with Gasteiger partial charge in [0.05, 0.1) is 31.0 Å². The van der Waals surface area contributed by atoms with Crippen molar-refractivity contribution in [3.05, 3.63) is 0 Å². The lowest BCUT2D eigenvalue weighted by Gasteiger charge is -2.33. The summed E-state index contributed by atoms with van der Waals surface area (Å²) < 4.78 is 45.5. The molecule has 2 unspecified atom stereocenters. The Morgan fingerprint density at radius 1 is 1.10 bits per heavy atom. The van der Waals surface area contributed by atoms with E-state index < -0.39 is 10.4 Å². The molecule has 6 nitrogen and oxygen atoms in total.